The Kier molecular flexibility index (Phi) is 7.36. The fraction of sp³-hybridized carbons (Fsp3) is 0.269. The molecule has 0 aliphatic rings. The average molecular weight is 451 g/mol. The summed E-state index contributed by atoms with van der Waals surface area (Å²) in [5, 5.41) is 2.99. The number of benzene rings is 3. The highest BCUT2D eigenvalue weighted by atomic mass is 32.2. The van der Waals surface area contributed by atoms with Gasteiger partial charge in [0.25, 0.3) is 15.9 Å². The topological polar surface area (TPSA) is 75.3 Å². The van der Waals surface area contributed by atoms with Gasteiger partial charge in [-0.25, -0.2) is 8.42 Å². The van der Waals surface area contributed by atoms with Gasteiger partial charge in [0.15, 0.2) is 0 Å². The molecule has 3 rings (SSSR count). The molecule has 168 valence electrons. The molecule has 5 nitrogen and oxygen atoms in total. The van der Waals surface area contributed by atoms with Crippen molar-refractivity contribution in [3.8, 4) is 0 Å². The van der Waals surface area contributed by atoms with E-state index in [9.17, 15) is 13.2 Å². The van der Waals surface area contributed by atoms with E-state index in [-0.39, 0.29) is 10.8 Å². The van der Waals surface area contributed by atoms with Crippen molar-refractivity contribution in [2.75, 3.05) is 4.72 Å². The van der Waals surface area contributed by atoms with Crippen LogP contribution >= 0.6 is 0 Å². The minimum absolute atomic E-state index is 0.190. The average Bonchev–Trinajstić information content (AvgIpc) is 2.78. The normalized spacial score (nSPS) is 11.2. The van der Waals surface area contributed by atoms with E-state index < -0.39 is 10.0 Å². The predicted molar refractivity (Wildman–Crippen MR) is 130 cm³/mol. The van der Waals surface area contributed by atoms with Gasteiger partial charge in [-0.15, -0.1) is 0 Å². The Bertz CT molecular complexity index is 1220. The molecule has 0 spiro atoms. The number of hydrogen-bond donors (Lipinski definition) is 2. The van der Waals surface area contributed by atoms with Crippen molar-refractivity contribution in [2.45, 2.75) is 52.0 Å². The highest BCUT2D eigenvalue weighted by molar-refractivity contribution is 7.92. The third-order valence-corrected chi connectivity index (χ3v) is 6.94. The number of aryl methyl sites for hydroxylation is 4. The van der Waals surface area contributed by atoms with E-state index in [1.54, 1.807) is 49.4 Å². The third kappa shape index (κ3) is 5.56. The summed E-state index contributed by atoms with van der Waals surface area (Å²) in [5.41, 5.74) is 6.20. The summed E-state index contributed by atoms with van der Waals surface area (Å²) in [7, 11) is -3.70. The number of sulfonamides is 1. The van der Waals surface area contributed by atoms with E-state index in [2.05, 4.69) is 42.1 Å². The third-order valence-electron chi connectivity index (χ3n) is 5.56. The molecule has 1 amide bonds. The van der Waals surface area contributed by atoms with Crippen LogP contribution in [-0.4, -0.2) is 14.3 Å². The smallest absolute Gasteiger partial charge is 0.261 e. The Morgan fingerprint density at radius 1 is 0.844 bits per heavy atom. The van der Waals surface area contributed by atoms with Gasteiger partial charge < -0.3 is 5.32 Å². The van der Waals surface area contributed by atoms with Gasteiger partial charge in [0, 0.05) is 12.1 Å². The summed E-state index contributed by atoms with van der Waals surface area (Å²) in [4.78, 5) is 12.9. The van der Waals surface area contributed by atoms with Crippen LogP contribution in [-0.2, 0) is 29.4 Å². The van der Waals surface area contributed by atoms with E-state index in [0.717, 1.165) is 24.0 Å². The first-order valence-corrected chi connectivity index (χ1v) is 12.3. The van der Waals surface area contributed by atoms with Gasteiger partial charge in [-0.2, -0.15) is 0 Å². The molecule has 0 fully saturated rings. The Balaban J connectivity index is 1.72. The van der Waals surface area contributed by atoms with Gasteiger partial charge >= 0.3 is 0 Å². The van der Waals surface area contributed by atoms with Crippen LogP contribution < -0.4 is 10.0 Å². The fourth-order valence-corrected chi connectivity index (χ4v) is 4.66. The molecule has 0 aliphatic heterocycles. The van der Waals surface area contributed by atoms with E-state index in [1.165, 1.54) is 11.1 Å². The molecule has 32 heavy (non-hydrogen) atoms. The van der Waals surface area contributed by atoms with Crippen molar-refractivity contribution < 1.29 is 13.2 Å². The van der Waals surface area contributed by atoms with Gasteiger partial charge in [0.1, 0.15) is 0 Å². The Labute approximate surface area is 190 Å². The second kappa shape index (κ2) is 10.0. The number of anilines is 1. The minimum Gasteiger partial charge on any atom is -0.348 e. The first kappa shape index (κ1) is 23.5. The summed E-state index contributed by atoms with van der Waals surface area (Å²) in [6.07, 6.45) is 1.86. The van der Waals surface area contributed by atoms with Crippen LogP contribution in [0.5, 0.6) is 0 Å². The molecule has 0 bridgehead atoms. The number of carbonyl (C=O) groups is 1. The molecule has 0 aromatic heterocycles. The molecular formula is C26H30N2O3S. The zero-order chi connectivity index (χ0) is 23.3. The van der Waals surface area contributed by atoms with Crippen molar-refractivity contribution in [3.05, 3.63) is 94.0 Å². The summed E-state index contributed by atoms with van der Waals surface area (Å²) in [6.45, 7) is 8.36. The van der Waals surface area contributed by atoms with E-state index in [4.69, 9.17) is 0 Å². The highest BCUT2D eigenvalue weighted by Gasteiger charge is 2.16. The summed E-state index contributed by atoms with van der Waals surface area (Å²) < 4.78 is 27.9. The van der Waals surface area contributed by atoms with E-state index >= 15 is 0 Å². The number of hydrogen-bond acceptors (Lipinski definition) is 3. The lowest BCUT2D eigenvalue weighted by molar-refractivity contribution is 0.0950. The van der Waals surface area contributed by atoms with Crippen LogP contribution in [0.15, 0.2) is 65.6 Å². The molecule has 3 aromatic carbocycles. The monoisotopic (exact) mass is 450 g/mol. The highest BCUT2D eigenvalue weighted by Crippen LogP contribution is 2.22. The fourth-order valence-electron chi connectivity index (χ4n) is 3.53. The number of rotatable bonds is 8. The van der Waals surface area contributed by atoms with Crippen LogP contribution in [0.3, 0.4) is 0 Å². The van der Waals surface area contributed by atoms with Gasteiger partial charge in [-0.3, -0.25) is 9.52 Å². The second-order valence-electron chi connectivity index (χ2n) is 7.94. The molecule has 0 heterocycles. The van der Waals surface area contributed by atoms with Crippen molar-refractivity contribution in [2.24, 2.45) is 0 Å². The Morgan fingerprint density at radius 3 is 2.19 bits per heavy atom. The number of carbonyl (C=O) groups excluding carboxylic acids is 1. The minimum atomic E-state index is -3.70. The molecule has 0 unspecified atom stereocenters. The van der Waals surface area contributed by atoms with Crippen LogP contribution in [0.25, 0.3) is 0 Å². The van der Waals surface area contributed by atoms with E-state index in [1.807, 2.05) is 6.92 Å². The maximum absolute atomic E-state index is 12.7. The van der Waals surface area contributed by atoms with Crippen LogP contribution in [0.1, 0.15) is 52.0 Å². The zero-order valence-electron chi connectivity index (χ0n) is 19.0. The molecule has 0 saturated carbocycles. The molecule has 0 atom stereocenters. The maximum atomic E-state index is 12.7. The molecule has 0 radical (unpaired) electrons. The largest absolute Gasteiger partial charge is 0.348 e. The lowest BCUT2D eigenvalue weighted by Gasteiger charge is -2.14. The standard InChI is InChI=1S/C26H30N2O3S/c1-5-20-9-10-21(6-2)23(16-20)17-27-26(29)22-11-14-25(19(4)15-22)28-32(30,31)24-12-7-18(3)8-13-24/h7-16,28H,5-6,17H2,1-4H3,(H,27,29). The van der Waals surface area contributed by atoms with Gasteiger partial charge in [-0.05, 0) is 79.3 Å². The van der Waals surface area contributed by atoms with Crippen molar-refractivity contribution in [3.63, 3.8) is 0 Å². The first-order valence-electron chi connectivity index (χ1n) is 10.8. The lowest BCUT2D eigenvalue weighted by atomic mass is 10.0. The maximum Gasteiger partial charge on any atom is 0.261 e. The number of nitrogens with one attached hydrogen (secondary N) is 2. The summed E-state index contributed by atoms with van der Waals surface area (Å²) >= 11 is 0. The Morgan fingerprint density at radius 2 is 1.56 bits per heavy atom. The van der Waals surface area contributed by atoms with Gasteiger partial charge in [0.05, 0.1) is 10.6 Å². The molecule has 0 saturated heterocycles. The van der Waals surface area contributed by atoms with Crippen LogP contribution in [0, 0.1) is 13.8 Å². The molecule has 6 heteroatoms. The van der Waals surface area contributed by atoms with Crippen molar-refractivity contribution in [1.82, 2.24) is 5.32 Å². The first-order chi connectivity index (χ1) is 15.2. The summed E-state index contributed by atoms with van der Waals surface area (Å²) in [5.74, 6) is -0.190. The number of amides is 1. The van der Waals surface area contributed by atoms with Crippen LogP contribution in [0.4, 0.5) is 5.69 Å². The van der Waals surface area contributed by atoms with Gasteiger partial charge in [-0.1, -0.05) is 49.7 Å². The predicted octanol–water partition coefficient (Wildman–Crippen LogP) is 5.16. The second-order valence-corrected chi connectivity index (χ2v) is 9.62. The lowest BCUT2D eigenvalue weighted by Crippen LogP contribution is -2.23. The quantitative estimate of drug-likeness (QED) is 0.498. The molecule has 2 N–H and O–H groups in total. The summed E-state index contributed by atoms with van der Waals surface area (Å²) in [6, 6.07) is 18.0. The van der Waals surface area contributed by atoms with E-state index in [0.29, 0.717) is 23.4 Å². The molecular weight excluding hydrogens is 420 g/mol. The SMILES string of the molecule is CCc1ccc(CC)c(CNC(=O)c2ccc(NS(=O)(=O)c3ccc(C)cc3)c(C)c2)c1. The zero-order valence-corrected chi connectivity index (χ0v) is 19.8. The Hall–Kier alpha value is -3.12. The van der Waals surface area contributed by atoms with Gasteiger partial charge in [0.2, 0.25) is 0 Å². The van der Waals surface area contributed by atoms with Crippen molar-refractivity contribution >= 4 is 21.6 Å². The van der Waals surface area contributed by atoms with Crippen LogP contribution in [0.2, 0.25) is 0 Å². The molecule has 0 aliphatic carbocycles. The molecule has 3 aromatic rings. The van der Waals surface area contributed by atoms with Crippen molar-refractivity contribution in [1.29, 1.82) is 0 Å².